The molecule has 164 valence electrons. The lowest BCUT2D eigenvalue weighted by molar-refractivity contribution is 0.0482. The zero-order valence-corrected chi connectivity index (χ0v) is 17.7. The maximum absolute atomic E-state index is 12.7. The second kappa shape index (κ2) is 8.96. The van der Waals surface area contributed by atoms with Crippen molar-refractivity contribution in [2.75, 3.05) is 6.61 Å². The largest absolute Gasteiger partial charge is 0.460 e. The number of aromatic nitrogens is 5. The number of aryl methyl sites for hydroxylation is 1. The van der Waals surface area contributed by atoms with Crippen LogP contribution in [0.2, 0.25) is 0 Å². The van der Waals surface area contributed by atoms with Gasteiger partial charge < -0.3 is 9.72 Å². The first kappa shape index (κ1) is 20.4. The average Bonchev–Trinajstić information content (AvgIpc) is 3.44. The first-order chi connectivity index (χ1) is 16.2. The molecule has 0 aliphatic heterocycles. The highest BCUT2D eigenvalue weighted by Crippen LogP contribution is 2.21. The van der Waals surface area contributed by atoms with Gasteiger partial charge in [-0.25, -0.2) is 19.3 Å². The van der Waals surface area contributed by atoms with E-state index in [4.69, 9.17) is 4.74 Å². The molecule has 0 unspecified atom stereocenters. The van der Waals surface area contributed by atoms with Gasteiger partial charge in [0.15, 0.2) is 5.82 Å². The number of hydrogen-bond donors (Lipinski definition) is 1. The third-order valence-corrected chi connectivity index (χ3v) is 5.26. The van der Waals surface area contributed by atoms with Crippen LogP contribution in [0.3, 0.4) is 0 Å². The standard InChI is InChI=1S/C25H21N5O3/c31-24(33-17-9-16-29-21-15-8-7-14-20(21)26-25(29)32)22-27-23(18-10-3-1-4-11-18)30(28-22)19-12-5-2-6-13-19/h1-8,10-15H,9,16-17H2,(H,26,32). The fourth-order valence-electron chi connectivity index (χ4n) is 3.70. The molecule has 0 atom stereocenters. The number of nitrogens with one attached hydrogen (secondary N) is 1. The van der Waals surface area contributed by atoms with E-state index in [2.05, 4.69) is 15.1 Å². The van der Waals surface area contributed by atoms with Crippen molar-refractivity contribution in [1.29, 1.82) is 0 Å². The van der Waals surface area contributed by atoms with Crippen molar-refractivity contribution >= 4 is 17.0 Å². The molecular weight excluding hydrogens is 418 g/mol. The summed E-state index contributed by atoms with van der Waals surface area (Å²) in [5.74, 6) is -0.0609. The zero-order chi connectivity index (χ0) is 22.6. The predicted molar refractivity (Wildman–Crippen MR) is 124 cm³/mol. The van der Waals surface area contributed by atoms with Crippen molar-refractivity contribution in [3.8, 4) is 17.1 Å². The molecule has 8 heteroatoms. The molecule has 0 aliphatic carbocycles. The predicted octanol–water partition coefficient (Wildman–Crippen LogP) is 3.82. The number of imidazole rings is 1. The molecule has 0 radical (unpaired) electrons. The smallest absolute Gasteiger partial charge is 0.378 e. The maximum Gasteiger partial charge on any atom is 0.378 e. The van der Waals surface area contributed by atoms with E-state index in [0.29, 0.717) is 18.8 Å². The lowest BCUT2D eigenvalue weighted by Crippen LogP contribution is -2.18. The Bertz CT molecular complexity index is 1390. The number of fused-ring (bicyclic) bond motifs is 1. The third-order valence-electron chi connectivity index (χ3n) is 5.26. The second-order valence-corrected chi connectivity index (χ2v) is 7.46. The highest BCUT2D eigenvalue weighted by atomic mass is 16.5. The fraction of sp³-hybridized carbons (Fsp3) is 0.120. The topological polar surface area (TPSA) is 94.8 Å². The van der Waals surface area contributed by atoms with Gasteiger partial charge in [0, 0.05) is 12.1 Å². The van der Waals surface area contributed by atoms with Crippen LogP contribution in [0.5, 0.6) is 0 Å². The number of ether oxygens (including phenoxy) is 1. The quantitative estimate of drug-likeness (QED) is 0.307. The summed E-state index contributed by atoms with van der Waals surface area (Å²) in [7, 11) is 0. The van der Waals surface area contributed by atoms with Crippen molar-refractivity contribution in [2.24, 2.45) is 0 Å². The summed E-state index contributed by atoms with van der Waals surface area (Å²) in [4.78, 5) is 32.1. The van der Waals surface area contributed by atoms with E-state index in [1.807, 2.05) is 84.9 Å². The van der Waals surface area contributed by atoms with Gasteiger partial charge in [-0.3, -0.25) is 4.57 Å². The minimum absolute atomic E-state index is 0.0121. The number of para-hydroxylation sites is 3. The highest BCUT2D eigenvalue weighted by molar-refractivity contribution is 5.86. The van der Waals surface area contributed by atoms with Crippen molar-refractivity contribution in [2.45, 2.75) is 13.0 Å². The Labute approximate surface area is 189 Å². The monoisotopic (exact) mass is 439 g/mol. The van der Waals surface area contributed by atoms with E-state index in [1.54, 1.807) is 9.25 Å². The van der Waals surface area contributed by atoms with E-state index < -0.39 is 5.97 Å². The normalized spacial score (nSPS) is 11.0. The number of H-pyrrole nitrogens is 1. The summed E-state index contributed by atoms with van der Waals surface area (Å²) in [5.41, 5.74) is 3.06. The molecule has 1 N–H and O–H groups in total. The summed E-state index contributed by atoms with van der Waals surface area (Å²) < 4.78 is 8.69. The van der Waals surface area contributed by atoms with Gasteiger partial charge in [-0.05, 0) is 30.7 Å². The Morgan fingerprint density at radius 2 is 1.61 bits per heavy atom. The number of hydrogen-bond acceptors (Lipinski definition) is 5. The molecule has 0 bridgehead atoms. The SMILES string of the molecule is O=C(OCCCn1c(=O)[nH]c2ccccc21)c1nc(-c2ccccc2)n(-c2ccccc2)n1. The Morgan fingerprint density at radius 3 is 2.39 bits per heavy atom. The Hall–Kier alpha value is -4.46. The van der Waals surface area contributed by atoms with Gasteiger partial charge in [0.1, 0.15) is 0 Å². The number of nitrogens with zero attached hydrogens (tertiary/aromatic N) is 4. The van der Waals surface area contributed by atoms with Gasteiger partial charge >= 0.3 is 11.7 Å². The van der Waals surface area contributed by atoms with Crippen LogP contribution < -0.4 is 5.69 Å². The molecule has 33 heavy (non-hydrogen) atoms. The number of benzene rings is 3. The lowest BCUT2D eigenvalue weighted by Gasteiger charge is -2.05. The highest BCUT2D eigenvalue weighted by Gasteiger charge is 2.20. The summed E-state index contributed by atoms with van der Waals surface area (Å²) in [6.45, 7) is 0.572. The molecule has 8 nitrogen and oxygen atoms in total. The Morgan fingerprint density at radius 1 is 0.909 bits per heavy atom. The molecule has 2 heterocycles. The summed E-state index contributed by atoms with van der Waals surface area (Å²) in [6.07, 6.45) is 0.485. The van der Waals surface area contributed by atoms with Crippen LogP contribution in [-0.2, 0) is 11.3 Å². The minimum Gasteiger partial charge on any atom is -0.460 e. The van der Waals surface area contributed by atoms with Crippen LogP contribution in [0.25, 0.3) is 28.1 Å². The summed E-state index contributed by atoms with van der Waals surface area (Å²) in [6, 6.07) is 26.6. The van der Waals surface area contributed by atoms with Crippen molar-refractivity contribution < 1.29 is 9.53 Å². The van der Waals surface area contributed by atoms with Gasteiger partial charge in [-0.1, -0.05) is 60.7 Å². The van der Waals surface area contributed by atoms with Gasteiger partial charge in [-0.2, -0.15) is 0 Å². The van der Waals surface area contributed by atoms with Crippen LogP contribution in [0.1, 0.15) is 17.0 Å². The van der Waals surface area contributed by atoms with Crippen molar-refractivity contribution in [3.05, 3.63) is 101 Å². The Kier molecular flexibility index (Phi) is 5.55. The van der Waals surface area contributed by atoms with E-state index >= 15 is 0 Å². The molecule has 5 rings (SSSR count). The molecule has 3 aromatic carbocycles. The van der Waals surface area contributed by atoms with Crippen molar-refractivity contribution in [3.63, 3.8) is 0 Å². The second-order valence-electron chi connectivity index (χ2n) is 7.46. The number of esters is 1. The van der Waals surface area contributed by atoms with Crippen LogP contribution in [0.4, 0.5) is 0 Å². The fourth-order valence-corrected chi connectivity index (χ4v) is 3.70. The molecule has 0 saturated carbocycles. The molecule has 5 aromatic rings. The van der Waals surface area contributed by atoms with E-state index in [1.165, 1.54) is 0 Å². The van der Waals surface area contributed by atoms with E-state index in [0.717, 1.165) is 22.3 Å². The first-order valence-corrected chi connectivity index (χ1v) is 10.6. The molecule has 0 aliphatic rings. The average molecular weight is 439 g/mol. The van der Waals surface area contributed by atoms with Crippen LogP contribution in [-0.4, -0.2) is 36.9 Å². The van der Waals surface area contributed by atoms with Gasteiger partial charge in [-0.15, -0.1) is 5.10 Å². The van der Waals surface area contributed by atoms with E-state index in [-0.39, 0.29) is 18.1 Å². The molecule has 2 aromatic heterocycles. The van der Waals surface area contributed by atoms with Gasteiger partial charge in [0.25, 0.3) is 5.82 Å². The minimum atomic E-state index is -0.604. The lowest BCUT2D eigenvalue weighted by atomic mass is 10.2. The maximum atomic E-state index is 12.7. The van der Waals surface area contributed by atoms with E-state index in [9.17, 15) is 9.59 Å². The zero-order valence-electron chi connectivity index (χ0n) is 17.7. The molecule has 0 spiro atoms. The molecule has 0 saturated heterocycles. The van der Waals surface area contributed by atoms with Crippen LogP contribution in [0.15, 0.2) is 89.7 Å². The van der Waals surface area contributed by atoms with Gasteiger partial charge in [0.2, 0.25) is 0 Å². The number of aromatic amines is 1. The number of carbonyl (C=O) groups excluding carboxylic acids is 1. The third kappa shape index (κ3) is 4.18. The van der Waals surface area contributed by atoms with Crippen LogP contribution >= 0.6 is 0 Å². The molecule has 0 fully saturated rings. The Balaban J connectivity index is 1.31. The molecular formula is C25H21N5O3. The molecule has 0 amide bonds. The summed E-state index contributed by atoms with van der Waals surface area (Å²) >= 11 is 0. The summed E-state index contributed by atoms with van der Waals surface area (Å²) in [5, 5.41) is 4.41. The van der Waals surface area contributed by atoms with Gasteiger partial charge in [0.05, 0.1) is 23.3 Å². The number of carbonyl (C=O) groups is 1. The van der Waals surface area contributed by atoms with Crippen molar-refractivity contribution in [1.82, 2.24) is 24.3 Å². The first-order valence-electron chi connectivity index (χ1n) is 10.6. The number of rotatable bonds is 7. The van der Waals surface area contributed by atoms with Crippen LogP contribution in [0, 0.1) is 0 Å².